The molecule has 3 heteroatoms. The molecule has 128 valence electrons. The highest BCUT2D eigenvalue weighted by Gasteiger charge is 2.18. The molecular weight excluding hydrogens is 296 g/mol. The summed E-state index contributed by atoms with van der Waals surface area (Å²) in [6, 6.07) is 12.7. The normalized spacial score (nSPS) is 12.6. The fourth-order valence-electron chi connectivity index (χ4n) is 2.79. The molecule has 0 aliphatic carbocycles. The lowest BCUT2D eigenvalue weighted by Gasteiger charge is -2.21. The van der Waals surface area contributed by atoms with Crippen LogP contribution in [0, 0.1) is 20.8 Å². The van der Waals surface area contributed by atoms with Crippen LogP contribution in [0.4, 0.5) is 5.69 Å². The second kappa shape index (κ2) is 8.11. The van der Waals surface area contributed by atoms with Gasteiger partial charge in [0.1, 0.15) is 6.10 Å². The van der Waals surface area contributed by atoms with Crippen molar-refractivity contribution in [1.82, 2.24) is 4.90 Å². The first-order valence-corrected chi connectivity index (χ1v) is 8.41. The summed E-state index contributed by atoms with van der Waals surface area (Å²) in [5, 5.41) is 0. The molecule has 0 aliphatic heterocycles. The standard InChI is InChI=1S/C21H28N2O/c1-7-23(5)14-22-20-13-16(3)19(12-17(20)4)21(24-6)18-11-9-8-10-15(18)2/h8-14,21H,7H2,1-6H3/b22-14+. The van der Waals surface area contributed by atoms with Gasteiger partial charge in [-0.3, -0.25) is 0 Å². The van der Waals surface area contributed by atoms with Crippen molar-refractivity contribution >= 4 is 12.0 Å². The highest BCUT2D eigenvalue weighted by Crippen LogP contribution is 2.33. The first-order chi connectivity index (χ1) is 11.5. The largest absolute Gasteiger partial charge is 0.372 e. The lowest BCUT2D eigenvalue weighted by molar-refractivity contribution is 0.135. The fourth-order valence-corrected chi connectivity index (χ4v) is 2.79. The Hall–Kier alpha value is -2.13. The molecule has 2 rings (SSSR count). The van der Waals surface area contributed by atoms with Crippen LogP contribution in [0.3, 0.4) is 0 Å². The van der Waals surface area contributed by atoms with Crippen LogP contribution in [0.15, 0.2) is 41.4 Å². The summed E-state index contributed by atoms with van der Waals surface area (Å²) >= 11 is 0. The van der Waals surface area contributed by atoms with Gasteiger partial charge in [-0.2, -0.15) is 0 Å². The van der Waals surface area contributed by atoms with E-state index in [2.05, 4.69) is 74.0 Å². The summed E-state index contributed by atoms with van der Waals surface area (Å²) in [4.78, 5) is 6.68. The van der Waals surface area contributed by atoms with Gasteiger partial charge in [0.25, 0.3) is 0 Å². The number of hydrogen-bond donors (Lipinski definition) is 0. The molecule has 2 aromatic carbocycles. The lowest BCUT2D eigenvalue weighted by atomic mass is 9.92. The monoisotopic (exact) mass is 324 g/mol. The van der Waals surface area contributed by atoms with E-state index < -0.39 is 0 Å². The molecule has 0 spiro atoms. The van der Waals surface area contributed by atoms with Gasteiger partial charge in [0.15, 0.2) is 0 Å². The molecule has 24 heavy (non-hydrogen) atoms. The van der Waals surface area contributed by atoms with Gasteiger partial charge in [-0.15, -0.1) is 0 Å². The summed E-state index contributed by atoms with van der Waals surface area (Å²) in [6.07, 6.45) is 1.83. The van der Waals surface area contributed by atoms with E-state index in [1.165, 1.54) is 22.3 Å². The molecule has 1 unspecified atom stereocenters. The lowest BCUT2D eigenvalue weighted by Crippen LogP contribution is -2.14. The number of nitrogens with zero attached hydrogens (tertiary/aromatic N) is 2. The minimum atomic E-state index is -0.0544. The average molecular weight is 324 g/mol. The van der Waals surface area contributed by atoms with Gasteiger partial charge < -0.3 is 9.64 Å². The van der Waals surface area contributed by atoms with Crippen molar-refractivity contribution in [1.29, 1.82) is 0 Å². The smallest absolute Gasteiger partial charge is 0.108 e. The van der Waals surface area contributed by atoms with E-state index in [9.17, 15) is 0 Å². The van der Waals surface area contributed by atoms with Gasteiger partial charge in [-0.05, 0) is 61.6 Å². The van der Waals surface area contributed by atoms with E-state index in [1.807, 2.05) is 13.4 Å². The molecule has 3 nitrogen and oxygen atoms in total. The van der Waals surface area contributed by atoms with E-state index in [0.29, 0.717) is 0 Å². The first-order valence-electron chi connectivity index (χ1n) is 8.41. The molecule has 1 atom stereocenters. The number of ether oxygens (including phenoxy) is 1. The molecule has 0 radical (unpaired) electrons. The zero-order valence-electron chi connectivity index (χ0n) is 15.6. The molecular formula is C21H28N2O. The van der Waals surface area contributed by atoms with Crippen LogP contribution in [0.5, 0.6) is 0 Å². The minimum absolute atomic E-state index is 0.0544. The summed E-state index contributed by atoms with van der Waals surface area (Å²) in [5.74, 6) is 0. The van der Waals surface area contributed by atoms with Gasteiger partial charge in [-0.25, -0.2) is 4.99 Å². The zero-order chi connectivity index (χ0) is 17.7. The Bertz CT molecular complexity index is 722. The predicted molar refractivity (Wildman–Crippen MR) is 102 cm³/mol. The molecule has 0 fully saturated rings. The first kappa shape index (κ1) is 18.2. The minimum Gasteiger partial charge on any atom is -0.372 e. The molecule has 0 aromatic heterocycles. The molecule has 0 aliphatic rings. The quantitative estimate of drug-likeness (QED) is 0.554. The van der Waals surface area contributed by atoms with Crippen molar-refractivity contribution in [2.24, 2.45) is 4.99 Å². The highest BCUT2D eigenvalue weighted by molar-refractivity contribution is 5.64. The van der Waals surface area contributed by atoms with Crippen molar-refractivity contribution in [2.45, 2.75) is 33.8 Å². The Morgan fingerprint density at radius 2 is 1.75 bits per heavy atom. The summed E-state index contributed by atoms with van der Waals surface area (Å²) < 4.78 is 5.85. The topological polar surface area (TPSA) is 24.8 Å². The van der Waals surface area contributed by atoms with Gasteiger partial charge in [-0.1, -0.05) is 30.3 Å². The van der Waals surface area contributed by atoms with Gasteiger partial charge in [0, 0.05) is 20.7 Å². The van der Waals surface area contributed by atoms with Crippen LogP contribution >= 0.6 is 0 Å². The van der Waals surface area contributed by atoms with E-state index in [4.69, 9.17) is 4.74 Å². The second-order valence-electron chi connectivity index (χ2n) is 6.29. The van der Waals surface area contributed by atoms with Crippen molar-refractivity contribution in [3.05, 3.63) is 64.2 Å². The third-order valence-corrected chi connectivity index (χ3v) is 4.47. The maximum atomic E-state index is 5.85. The van der Waals surface area contributed by atoms with Crippen LogP contribution in [-0.4, -0.2) is 31.9 Å². The SMILES string of the molecule is CCN(C)/C=N/c1cc(C)c(C(OC)c2ccccc2C)cc1C. The maximum absolute atomic E-state index is 5.85. The molecule has 0 saturated heterocycles. The Morgan fingerprint density at radius 3 is 2.38 bits per heavy atom. The number of aliphatic imine (C=N–C) groups is 1. The number of hydrogen-bond acceptors (Lipinski definition) is 2. The highest BCUT2D eigenvalue weighted by atomic mass is 16.5. The molecule has 0 saturated carbocycles. The number of rotatable bonds is 6. The number of methoxy groups -OCH3 is 1. The van der Waals surface area contributed by atoms with E-state index in [0.717, 1.165) is 17.8 Å². The average Bonchev–Trinajstić information content (AvgIpc) is 2.58. The van der Waals surface area contributed by atoms with E-state index in [-0.39, 0.29) is 6.10 Å². The molecule has 0 bridgehead atoms. The zero-order valence-corrected chi connectivity index (χ0v) is 15.6. The van der Waals surface area contributed by atoms with Crippen LogP contribution in [0.25, 0.3) is 0 Å². The Kier molecular flexibility index (Phi) is 6.16. The number of aryl methyl sites for hydroxylation is 3. The van der Waals surface area contributed by atoms with Crippen molar-refractivity contribution < 1.29 is 4.74 Å². The van der Waals surface area contributed by atoms with E-state index in [1.54, 1.807) is 7.11 Å². The van der Waals surface area contributed by atoms with Gasteiger partial charge >= 0.3 is 0 Å². The third kappa shape index (κ3) is 4.04. The van der Waals surface area contributed by atoms with Crippen molar-refractivity contribution in [3.8, 4) is 0 Å². The fraction of sp³-hybridized carbons (Fsp3) is 0.381. The molecule has 0 amide bonds. The summed E-state index contributed by atoms with van der Waals surface area (Å²) in [5.41, 5.74) is 7.02. The van der Waals surface area contributed by atoms with Crippen molar-refractivity contribution in [2.75, 3.05) is 20.7 Å². The Labute approximate surface area is 146 Å². The maximum Gasteiger partial charge on any atom is 0.108 e. The van der Waals surface area contributed by atoms with Gasteiger partial charge in [0.05, 0.1) is 12.0 Å². The summed E-state index contributed by atoms with van der Waals surface area (Å²) in [6.45, 7) is 9.41. The molecule has 0 N–H and O–H groups in total. The van der Waals surface area contributed by atoms with Crippen LogP contribution in [-0.2, 0) is 4.74 Å². The third-order valence-electron chi connectivity index (χ3n) is 4.47. The Morgan fingerprint density at radius 1 is 1.04 bits per heavy atom. The van der Waals surface area contributed by atoms with Crippen LogP contribution in [0.2, 0.25) is 0 Å². The van der Waals surface area contributed by atoms with Crippen LogP contribution in [0.1, 0.15) is 40.8 Å². The second-order valence-corrected chi connectivity index (χ2v) is 6.29. The number of benzene rings is 2. The molecule has 2 aromatic rings. The van der Waals surface area contributed by atoms with E-state index >= 15 is 0 Å². The van der Waals surface area contributed by atoms with Gasteiger partial charge in [0.2, 0.25) is 0 Å². The Balaban J connectivity index is 2.42. The molecule has 0 heterocycles. The van der Waals surface area contributed by atoms with Crippen LogP contribution < -0.4 is 0 Å². The van der Waals surface area contributed by atoms with Crippen molar-refractivity contribution in [3.63, 3.8) is 0 Å². The summed E-state index contributed by atoms with van der Waals surface area (Å²) in [7, 11) is 3.80. The predicted octanol–water partition coefficient (Wildman–Crippen LogP) is 4.96.